The topological polar surface area (TPSA) is 34.1 Å². The Balaban J connectivity index is 2.11. The van der Waals surface area contributed by atoms with Crippen LogP contribution in [0.4, 0.5) is 0 Å². The molecule has 0 fully saturated rings. The summed E-state index contributed by atoms with van der Waals surface area (Å²) in [5.74, 6) is 0.138. The van der Waals surface area contributed by atoms with Crippen LogP contribution in [0.1, 0.15) is 5.56 Å². The van der Waals surface area contributed by atoms with Crippen LogP contribution < -0.4 is 0 Å². The minimum atomic E-state index is -3.20. The maximum Gasteiger partial charge on any atom is 0.178 e. The Bertz CT molecular complexity index is 604. The molecule has 0 aliphatic heterocycles. The zero-order valence-electron chi connectivity index (χ0n) is 9.71. The molecular weight excluding hydrogens is 312 g/mol. The molecule has 0 heterocycles. The largest absolute Gasteiger partial charge is 0.224 e. The van der Waals surface area contributed by atoms with Gasteiger partial charge in [-0.2, -0.15) is 0 Å². The smallest absolute Gasteiger partial charge is 0.178 e. The number of halogens is 1. The van der Waals surface area contributed by atoms with Crippen LogP contribution in [0, 0.1) is 0 Å². The second-order valence-electron chi connectivity index (χ2n) is 4.01. The second-order valence-corrected chi connectivity index (χ2v) is 7.03. The van der Waals surface area contributed by atoms with Gasteiger partial charge in [0.1, 0.15) is 0 Å². The van der Waals surface area contributed by atoms with E-state index >= 15 is 0 Å². The number of aryl methyl sites for hydroxylation is 1. The molecule has 0 aromatic heterocycles. The first kappa shape index (κ1) is 13.3. The van der Waals surface area contributed by atoms with Crippen LogP contribution in [-0.2, 0) is 16.3 Å². The number of benzene rings is 2. The van der Waals surface area contributed by atoms with Gasteiger partial charge in [-0.25, -0.2) is 8.42 Å². The summed E-state index contributed by atoms with van der Waals surface area (Å²) < 4.78 is 25.1. The number of hydrogen-bond donors (Lipinski definition) is 0. The van der Waals surface area contributed by atoms with Crippen molar-refractivity contribution in [2.75, 3.05) is 5.75 Å². The average molecular weight is 325 g/mol. The van der Waals surface area contributed by atoms with E-state index in [1.165, 1.54) is 0 Å². The van der Waals surface area contributed by atoms with Gasteiger partial charge in [0.15, 0.2) is 9.84 Å². The molecule has 94 valence electrons. The van der Waals surface area contributed by atoms with Crippen LogP contribution >= 0.6 is 15.9 Å². The van der Waals surface area contributed by atoms with Crippen molar-refractivity contribution in [2.24, 2.45) is 0 Å². The summed E-state index contributed by atoms with van der Waals surface area (Å²) in [5.41, 5.74) is 1.04. The SMILES string of the molecule is O=S(=O)(CCc1ccccc1)c1ccc(Br)cc1. The van der Waals surface area contributed by atoms with E-state index in [4.69, 9.17) is 0 Å². The highest BCUT2D eigenvalue weighted by Gasteiger charge is 2.13. The van der Waals surface area contributed by atoms with Crippen LogP contribution in [0.15, 0.2) is 64.0 Å². The van der Waals surface area contributed by atoms with Crippen LogP contribution in [0.3, 0.4) is 0 Å². The third-order valence-corrected chi connectivity index (χ3v) is 4.94. The van der Waals surface area contributed by atoms with Gasteiger partial charge in [-0.15, -0.1) is 0 Å². The zero-order valence-corrected chi connectivity index (χ0v) is 12.1. The Kier molecular flexibility index (Phi) is 4.19. The van der Waals surface area contributed by atoms with E-state index in [9.17, 15) is 8.42 Å². The van der Waals surface area contributed by atoms with Gasteiger partial charge in [0.25, 0.3) is 0 Å². The fraction of sp³-hybridized carbons (Fsp3) is 0.143. The highest BCUT2D eigenvalue weighted by molar-refractivity contribution is 9.10. The van der Waals surface area contributed by atoms with Gasteiger partial charge >= 0.3 is 0 Å². The Morgan fingerprint density at radius 2 is 1.50 bits per heavy atom. The molecular formula is C14H13BrO2S. The molecule has 0 unspecified atom stereocenters. The molecule has 0 atom stereocenters. The van der Waals surface area contributed by atoms with Gasteiger partial charge in [0, 0.05) is 4.47 Å². The molecule has 2 rings (SSSR count). The zero-order chi connectivity index (χ0) is 13.0. The predicted molar refractivity (Wildman–Crippen MR) is 76.3 cm³/mol. The van der Waals surface area contributed by atoms with E-state index in [1.54, 1.807) is 24.3 Å². The van der Waals surface area contributed by atoms with Crippen molar-refractivity contribution < 1.29 is 8.42 Å². The van der Waals surface area contributed by atoms with Crippen molar-refractivity contribution >= 4 is 25.8 Å². The van der Waals surface area contributed by atoms with Crippen molar-refractivity contribution in [3.63, 3.8) is 0 Å². The van der Waals surface area contributed by atoms with E-state index in [2.05, 4.69) is 15.9 Å². The summed E-state index contributed by atoms with van der Waals surface area (Å²) >= 11 is 3.29. The van der Waals surface area contributed by atoms with Gasteiger partial charge in [0.05, 0.1) is 10.6 Å². The molecule has 0 saturated carbocycles. The maximum atomic E-state index is 12.1. The van der Waals surface area contributed by atoms with E-state index in [0.717, 1.165) is 10.0 Å². The van der Waals surface area contributed by atoms with Crippen LogP contribution in [0.5, 0.6) is 0 Å². The van der Waals surface area contributed by atoms with Gasteiger partial charge in [0.2, 0.25) is 0 Å². The Morgan fingerprint density at radius 1 is 0.889 bits per heavy atom. The minimum absolute atomic E-state index is 0.138. The number of sulfone groups is 1. The summed E-state index contributed by atoms with van der Waals surface area (Å²) in [7, 11) is -3.20. The molecule has 2 nitrogen and oxygen atoms in total. The Morgan fingerprint density at radius 3 is 2.11 bits per heavy atom. The van der Waals surface area contributed by atoms with Crippen LogP contribution in [0.25, 0.3) is 0 Å². The van der Waals surface area contributed by atoms with Crippen molar-refractivity contribution in [3.8, 4) is 0 Å². The lowest BCUT2D eigenvalue weighted by Crippen LogP contribution is -2.09. The first-order valence-corrected chi connectivity index (χ1v) is 8.05. The minimum Gasteiger partial charge on any atom is -0.224 e. The maximum absolute atomic E-state index is 12.1. The van der Waals surface area contributed by atoms with Gasteiger partial charge < -0.3 is 0 Å². The molecule has 0 aliphatic carbocycles. The lowest BCUT2D eigenvalue weighted by Gasteiger charge is -2.04. The normalized spacial score (nSPS) is 11.4. The van der Waals surface area contributed by atoms with Crippen LogP contribution in [0.2, 0.25) is 0 Å². The molecule has 0 saturated heterocycles. The van der Waals surface area contributed by atoms with Crippen molar-refractivity contribution in [1.82, 2.24) is 0 Å². The summed E-state index contributed by atoms with van der Waals surface area (Å²) in [5, 5.41) is 0. The average Bonchev–Trinajstić information content (AvgIpc) is 2.38. The molecule has 2 aromatic rings. The summed E-state index contributed by atoms with van der Waals surface area (Å²) in [4.78, 5) is 0.377. The summed E-state index contributed by atoms with van der Waals surface area (Å²) in [6.07, 6.45) is 0.541. The van der Waals surface area contributed by atoms with Crippen molar-refractivity contribution in [3.05, 3.63) is 64.6 Å². The molecule has 0 aliphatic rings. The Labute approximate surface area is 116 Å². The number of hydrogen-bond acceptors (Lipinski definition) is 2. The first-order chi connectivity index (χ1) is 8.58. The molecule has 4 heteroatoms. The summed E-state index contributed by atoms with van der Waals surface area (Å²) in [6.45, 7) is 0. The lowest BCUT2D eigenvalue weighted by atomic mass is 10.2. The fourth-order valence-corrected chi connectivity index (χ4v) is 3.21. The quantitative estimate of drug-likeness (QED) is 0.863. The van der Waals surface area contributed by atoms with E-state index < -0.39 is 9.84 Å². The lowest BCUT2D eigenvalue weighted by molar-refractivity contribution is 0.595. The standard InChI is InChI=1S/C14H13BrO2S/c15-13-6-8-14(9-7-13)18(16,17)11-10-12-4-2-1-3-5-12/h1-9H,10-11H2. The third-order valence-electron chi connectivity index (χ3n) is 2.68. The van der Waals surface area contributed by atoms with Gasteiger partial charge in [-0.1, -0.05) is 46.3 Å². The fourth-order valence-electron chi connectivity index (χ4n) is 1.66. The Hall–Kier alpha value is -1.13. The highest BCUT2D eigenvalue weighted by atomic mass is 79.9. The number of rotatable bonds is 4. The van der Waals surface area contributed by atoms with Crippen molar-refractivity contribution in [1.29, 1.82) is 0 Å². The summed E-state index contributed by atoms with van der Waals surface area (Å²) in [6, 6.07) is 16.4. The molecule has 0 N–H and O–H groups in total. The first-order valence-electron chi connectivity index (χ1n) is 5.60. The van der Waals surface area contributed by atoms with E-state index in [1.807, 2.05) is 30.3 Å². The molecule has 0 bridgehead atoms. The van der Waals surface area contributed by atoms with E-state index in [0.29, 0.717) is 11.3 Å². The molecule has 0 amide bonds. The molecule has 0 spiro atoms. The van der Waals surface area contributed by atoms with E-state index in [-0.39, 0.29) is 5.75 Å². The molecule has 0 radical (unpaired) electrons. The second kappa shape index (κ2) is 5.67. The van der Waals surface area contributed by atoms with Crippen molar-refractivity contribution in [2.45, 2.75) is 11.3 Å². The van der Waals surface area contributed by atoms with Gasteiger partial charge in [-0.05, 0) is 36.2 Å². The van der Waals surface area contributed by atoms with Gasteiger partial charge in [-0.3, -0.25) is 0 Å². The monoisotopic (exact) mass is 324 g/mol. The van der Waals surface area contributed by atoms with Crippen LogP contribution in [-0.4, -0.2) is 14.2 Å². The molecule has 18 heavy (non-hydrogen) atoms. The predicted octanol–water partition coefficient (Wildman–Crippen LogP) is 3.47. The third kappa shape index (κ3) is 3.43. The molecule has 2 aromatic carbocycles. The highest BCUT2D eigenvalue weighted by Crippen LogP contribution is 2.16.